The first kappa shape index (κ1) is 40.5. The highest BCUT2D eigenvalue weighted by Gasteiger charge is 2.51. The molecule has 1 aliphatic heterocycles. The Balaban J connectivity index is 1.52. The molecule has 1 saturated heterocycles. The molecule has 5 N–H and O–H groups in total. The molecule has 1 aromatic rings. The number of nitrogens with zero attached hydrogens (tertiary/aromatic N) is 1. The molecule has 2 atom stereocenters. The molecule has 14 heteroatoms. The Morgan fingerprint density at radius 3 is 2.18 bits per heavy atom. The molecule has 0 radical (unpaired) electrons. The molecule has 1 aliphatic carbocycles. The number of benzene rings is 1. The summed E-state index contributed by atoms with van der Waals surface area (Å²) < 4.78 is 5.26. The number of imide groups is 1. The number of esters is 1. The molecular weight excluding hydrogens is 662 g/mol. The van der Waals surface area contributed by atoms with Crippen LogP contribution in [0.3, 0.4) is 0 Å². The van der Waals surface area contributed by atoms with Crippen LogP contribution in [0.1, 0.15) is 96.6 Å². The van der Waals surface area contributed by atoms with Crippen LogP contribution in [0.4, 0.5) is 4.79 Å². The number of unbranched alkanes of at least 4 members (excludes halogenated alkanes) is 2. The summed E-state index contributed by atoms with van der Waals surface area (Å²) >= 11 is 1.51. The van der Waals surface area contributed by atoms with Crippen molar-refractivity contribution in [3.05, 3.63) is 35.4 Å². The van der Waals surface area contributed by atoms with E-state index in [1.807, 2.05) is 13.8 Å². The van der Waals surface area contributed by atoms with Crippen LogP contribution in [0.25, 0.3) is 0 Å². The topological polar surface area (TPSA) is 194 Å². The average molecular weight is 716 g/mol. The number of hydrogen-bond acceptors (Lipinski definition) is 9. The fourth-order valence-electron chi connectivity index (χ4n) is 5.88. The van der Waals surface area contributed by atoms with Gasteiger partial charge in [-0.2, -0.15) is 0 Å². The summed E-state index contributed by atoms with van der Waals surface area (Å²) in [6.45, 7) is 8.56. The minimum atomic E-state index is -1.27. The van der Waals surface area contributed by atoms with Crippen LogP contribution in [0, 0.1) is 11.3 Å². The maximum atomic E-state index is 13.6. The third-order valence-electron chi connectivity index (χ3n) is 8.98. The fourth-order valence-corrected chi connectivity index (χ4v) is 7.02. The Labute approximate surface area is 298 Å². The first-order valence-electron chi connectivity index (χ1n) is 17.6. The number of Topliss-reactive ketones (excluding diaryl/α,β-unsaturated/α-hetero) is 1. The number of urea groups is 1. The molecule has 13 nitrogen and oxygen atoms in total. The molecular formula is C36H53N5O8S. The summed E-state index contributed by atoms with van der Waals surface area (Å²) in [5.41, 5.74) is 5.40. The maximum Gasteiger partial charge on any atom is 0.312 e. The first-order valence-corrected chi connectivity index (χ1v) is 18.6. The minimum absolute atomic E-state index is 0.0330. The molecule has 1 unspecified atom stereocenters. The largest absolute Gasteiger partial charge is 0.461 e. The molecule has 1 saturated carbocycles. The van der Waals surface area contributed by atoms with Crippen molar-refractivity contribution in [2.24, 2.45) is 17.1 Å². The van der Waals surface area contributed by atoms with Crippen molar-refractivity contribution in [2.45, 2.75) is 115 Å². The minimum Gasteiger partial charge on any atom is -0.461 e. The van der Waals surface area contributed by atoms with Crippen molar-refractivity contribution in [3.8, 4) is 0 Å². The van der Waals surface area contributed by atoms with Crippen LogP contribution in [0.2, 0.25) is 0 Å². The van der Waals surface area contributed by atoms with Crippen molar-refractivity contribution >= 4 is 53.2 Å². The molecule has 1 heterocycles. The molecule has 2 fully saturated rings. The smallest absolute Gasteiger partial charge is 0.312 e. The normalized spacial score (nSPS) is 17.3. The number of thioether (sulfide) groups is 1. The lowest BCUT2D eigenvalue weighted by atomic mass is 9.67. The van der Waals surface area contributed by atoms with Gasteiger partial charge in [-0.1, -0.05) is 58.4 Å². The summed E-state index contributed by atoms with van der Waals surface area (Å²) in [4.78, 5) is 89.6. The van der Waals surface area contributed by atoms with E-state index in [1.54, 1.807) is 38.1 Å². The Morgan fingerprint density at radius 1 is 0.920 bits per heavy atom. The van der Waals surface area contributed by atoms with E-state index in [-0.39, 0.29) is 78.3 Å². The third-order valence-corrected chi connectivity index (χ3v) is 10.2. The van der Waals surface area contributed by atoms with Crippen molar-refractivity contribution in [3.63, 3.8) is 0 Å². The lowest BCUT2D eigenvalue weighted by molar-refractivity contribution is -0.151. The van der Waals surface area contributed by atoms with Gasteiger partial charge in [0.05, 0.1) is 17.2 Å². The molecule has 6 amide bonds. The average Bonchev–Trinajstić information content (AvgIpc) is 3.29. The molecule has 2 aliphatic rings. The number of ketones is 1. The van der Waals surface area contributed by atoms with Gasteiger partial charge in [0.25, 0.3) is 0 Å². The van der Waals surface area contributed by atoms with Gasteiger partial charge in [0, 0.05) is 32.5 Å². The number of amides is 6. The molecule has 0 bridgehead atoms. The predicted molar refractivity (Wildman–Crippen MR) is 190 cm³/mol. The van der Waals surface area contributed by atoms with Gasteiger partial charge in [-0.15, -0.1) is 11.8 Å². The SMILES string of the molecule is CC(C)SC1CC(=O)N(CCCCCNC(=O)C2(C(=O)N[C@@H](CCCNC(N)=O)C(=O)Cc3ccc(COC(=O)C(C)C)cc3)CCC2)C1=O. The van der Waals surface area contributed by atoms with Gasteiger partial charge < -0.3 is 26.4 Å². The lowest BCUT2D eigenvalue weighted by Crippen LogP contribution is -2.58. The van der Waals surface area contributed by atoms with E-state index in [2.05, 4.69) is 16.0 Å². The van der Waals surface area contributed by atoms with Gasteiger partial charge in [-0.3, -0.25) is 33.7 Å². The standard InChI is InChI=1S/C36H53N5O8S/c1-23(2)32(45)49-22-26-13-11-25(12-14-26)20-28(42)27(10-8-18-39-35(37)48)40-34(47)36(15-9-16-36)33(46)38-17-6-5-7-19-41-30(43)21-29(31(41)44)50-24(3)4/h11-14,23-24,27,29H,5-10,15-22H2,1-4H3,(H,38,46)(H,40,47)(H3,37,39,48)/t27-,29?/m0/s1. The number of nitrogens with two attached hydrogens (primary N) is 1. The monoisotopic (exact) mass is 715 g/mol. The van der Waals surface area contributed by atoms with Crippen molar-refractivity contribution in [1.29, 1.82) is 0 Å². The number of rotatable bonds is 21. The van der Waals surface area contributed by atoms with E-state index in [0.717, 1.165) is 5.56 Å². The number of hydrogen-bond donors (Lipinski definition) is 4. The van der Waals surface area contributed by atoms with Gasteiger partial charge in [0.2, 0.25) is 23.6 Å². The Hall–Kier alpha value is -3.94. The highest BCUT2D eigenvalue weighted by atomic mass is 32.2. The summed E-state index contributed by atoms with van der Waals surface area (Å²) in [6.07, 6.45) is 4.27. The van der Waals surface area contributed by atoms with Gasteiger partial charge in [-0.05, 0) is 61.3 Å². The number of likely N-dealkylation sites (tertiary alicyclic amines) is 1. The second kappa shape index (κ2) is 19.5. The molecule has 276 valence electrons. The van der Waals surface area contributed by atoms with E-state index in [9.17, 15) is 33.6 Å². The lowest BCUT2D eigenvalue weighted by Gasteiger charge is -2.39. The van der Waals surface area contributed by atoms with E-state index in [0.29, 0.717) is 63.6 Å². The van der Waals surface area contributed by atoms with Crippen LogP contribution in [-0.2, 0) is 46.5 Å². The summed E-state index contributed by atoms with van der Waals surface area (Å²) in [5.74, 6) is -1.91. The maximum absolute atomic E-state index is 13.6. The van der Waals surface area contributed by atoms with Crippen LogP contribution in [0.15, 0.2) is 24.3 Å². The van der Waals surface area contributed by atoms with Gasteiger partial charge in [-0.25, -0.2) is 4.79 Å². The molecule has 0 spiro atoms. The summed E-state index contributed by atoms with van der Waals surface area (Å²) in [6, 6.07) is 5.53. The Morgan fingerprint density at radius 2 is 1.58 bits per heavy atom. The summed E-state index contributed by atoms with van der Waals surface area (Å²) in [7, 11) is 0. The quantitative estimate of drug-likeness (QED) is 0.0640. The molecule has 3 rings (SSSR count). The Bertz CT molecular complexity index is 1380. The molecule has 50 heavy (non-hydrogen) atoms. The number of ether oxygens (including phenoxy) is 1. The second-order valence-corrected chi connectivity index (χ2v) is 15.5. The van der Waals surface area contributed by atoms with Crippen LogP contribution in [0.5, 0.6) is 0 Å². The van der Waals surface area contributed by atoms with Crippen LogP contribution >= 0.6 is 11.8 Å². The molecule has 1 aromatic carbocycles. The van der Waals surface area contributed by atoms with Crippen LogP contribution in [-0.4, -0.2) is 82.5 Å². The third kappa shape index (κ3) is 11.8. The first-order chi connectivity index (χ1) is 23.7. The zero-order valence-corrected chi connectivity index (χ0v) is 30.5. The van der Waals surface area contributed by atoms with Gasteiger partial charge in [0.15, 0.2) is 5.78 Å². The highest BCUT2D eigenvalue weighted by molar-refractivity contribution is 8.01. The van der Waals surface area contributed by atoms with Gasteiger partial charge >= 0.3 is 12.0 Å². The van der Waals surface area contributed by atoms with Crippen molar-refractivity contribution in [2.75, 3.05) is 19.6 Å². The van der Waals surface area contributed by atoms with Crippen molar-refractivity contribution < 1.29 is 38.3 Å². The van der Waals surface area contributed by atoms with E-state index in [4.69, 9.17) is 10.5 Å². The number of primary amides is 1. The predicted octanol–water partition coefficient (Wildman–Crippen LogP) is 3.16. The van der Waals surface area contributed by atoms with Crippen molar-refractivity contribution in [1.82, 2.24) is 20.9 Å². The van der Waals surface area contributed by atoms with Crippen LogP contribution < -0.4 is 21.7 Å². The van der Waals surface area contributed by atoms with Gasteiger partial charge in [0.1, 0.15) is 12.0 Å². The number of carbonyl (C=O) groups excluding carboxylic acids is 7. The number of carbonyl (C=O) groups is 7. The second-order valence-electron chi connectivity index (χ2n) is 13.7. The fraction of sp³-hybridized carbons (Fsp3) is 0.639. The number of nitrogens with one attached hydrogen (secondary N) is 3. The van der Waals surface area contributed by atoms with E-state index >= 15 is 0 Å². The molecule has 0 aromatic heterocycles. The highest BCUT2D eigenvalue weighted by Crippen LogP contribution is 2.41. The zero-order valence-electron chi connectivity index (χ0n) is 29.7. The zero-order chi connectivity index (χ0) is 36.8. The summed E-state index contributed by atoms with van der Waals surface area (Å²) in [5, 5.41) is 8.18. The Kier molecular flexibility index (Phi) is 15.8. The van der Waals surface area contributed by atoms with E-state index < -0.39 is 23.4 Å². The van der Waals surface area contributed by atoms with E-state index in [1.165, 1.54) is 16.7 Å².